The van der Waals surface area contributed by atoms with E-state index in [0.717, 1.165) is 30.9 Å². The number of hydrogen-bond donors (Lipinski definition) is 1. The number of carboxylic acid groups (broad SMARTS) is 1. The summed E-state index contributed by atoms with van der Waals surface area (Å²) in [6.07, 6.45) is 0. The van der Waals surface area contributed by atoms with Gasteiger partial charge in [0.15, 0.2) is 0 Å². The Hall–Kier alpha value is -2.80. The van der Waals surface area contributed by atoms with Gasteiger partial charge in [0, 0.05) is 25.2 Å². The standard InChI is InChI=1S/C20H19F2NO4/c1-27-18(24)16-11-23(10-13-5-3-2-4-6-13)12-20(16,19(25)26)15-9-14(21)7-8-17(15)22/h2-9,16H,10-12H2,1H3,(H,25,26). The van der Waals surface area contributed by atoms with E-state index in [0.29, 0.717) is 6.54 Å². The third kappa shape index (κ3) is 3.42. The molecule has 2 atom stereocenters. The lowest BCUT2D eigenvalue weighted by atomic mass is 9.72. The molecule has 1 aliphatic heterocycles. The molecule has 2 unspecified atom stereocenters. The van der Waals surface area contributed by atoms with Crippen LogP contribution in [-0.2, 0) is 26.3 Å². The van der Waals surface area contributed by atoms with Gasteiger partial charge in [-0.1, -0.05) is 30.3 Å². The molecular weight excluding hydrogens is 356 g/mol. The van der Waals surface area contributed by atoms with Gasteiger partial charge in [0.05, 0.1) is 13.0 Å². The summed E-state index contributed by atoms with van der Waals surface area (Å²) in [6.45, 7) is 0.293. The van der Waals surface area contributed by atoms with Crippen LogP contribution in [0, 0.1) is 17.6 Å². The summed E-state index contributed by atoms with van der Waals surface area (Å²) in [5.41, 5.74) is -1.36. The summed E-state index contributed by atoms with van der Waals surface area (Å²) >= 11 is 0. The molecule has 3 rings (SSSR count). The molecule has 2 aromatic rings. The van der Waals surface area contributed by atoms with Crippen LogP contribution in [0.1, 0.15) is 11.1 Å². The molecule has 27 heavy (non-hydrogen) atoms. The average molecular weight is 375 g/mol. The quantitative estimate of drug-likeness (QED) is 0.814. The second-order valence-corrected chi connectivity index (χ2v) is 6.63. The summed E-state index contributed by atoms with van der Waals surface area (Å²) in [5, 5.41) is 10.0. The summed E-state index contributed by atoms with van der Waals surface area (Å²) < 4.78 is 33.1. The summed E-state index contributed by atoms with van der Waals surface area (Å²) in [6, 6.07) is 11.9. The van der Waals surface area contributed by atoms with Gasteiger partial charge in [0.2, 0.25) is 0 Å². The molecule has 7 heteroatoms. The molecule has 142 valence electrons. The van der Waals surface area contributed by atoms with Crippen molar-refractivity contribution in [2.75, 3.05) is 20.2 Å². The molecule has 0 spiro atoms. The largest absolute Gasteiger partial charge is 0.481 e. The van der Waals surface area contributed by atoms with Gasteiger partial charge in [-0.15, -0.1) is 0 Å². The van der Waals surface area contributed by atoms with E-state index in [1.165, 1.54) is 0 Å². The van der Waals surface area contributed by atoms with Crippen LogP contribution in [0.15, 0.2) is 48.5 Å². The molecule has 1 fully saturated rings. The third-order valence-corrected chi connectivity index (χ3v) is 5.03. The predicted octanol–water partition coefficient (Wildman–Crippen LogP) is 2.59. The highest BCUT2D eigenvalue weighted by atomic mass is 19.1. The molecular formula is C20H19F2NO4. The Morgan fingerprint density at radius 2 is 1.93 bits per heavy atom. The van der Waals surface area contributed by atoms with E-state index in [-0.39, 0.29) is 18.7 Å². The first-order chi connectivity index (χ1) is 12.9. The molecule has 0 saturated carbocycles. The van der Waals surface area contributed by atoms with Gasteiger partial charge >= 0.3 is 11.9 Å². The number of benzene rings is 2. The normalized spacial score (nSPS) is 22.6. The monoisotopic (exact) mass is 375 g/mol. The van der Waals surface area contributed by atoms with Crippen LogP contribution < -0.4 is 0 Å². The van der Waals surface area contributed by atoms with Crippen LogP contribution in [0.25, 0.3) is 0 Å². The second-order valence-electron chi connectivity index (χ2n) is 6.63. The van der Waals surface area contributed by atoms with Gasteiger partial charge in [-0.2, -0.15) is 0 Å². The van der Waals surface area contributed by atoms with Gasteiger partial charge < -0.3 is 9.84 Å². The van der Waals surface area contributed by atoms with Gasteiger partial charge in [-0.25, -0.2) is 8.78 Å². The average Bonchev–Trinajstić information content (AvgIpc) is 3.04. The second kappa shape index (κ2) is 7.44. The smallest absolute Gasteiger partial charge is 0.316 e. The molecule has 5 nitrogen and oxygen atoms in total. The van der Waals surface area contributed by atoms with E-state index < -0.39 is 34.9 Å². The first-order valence-corrected chi connectivity index (χ1v) is 8.41. The molecule has 1 N–H and O–H groups in total. The van der Waals surface area contributed by atoms with Crippen molar-refractivity contribution in [2.45, 2.75) is 12.0 Å². The van der Waals surface area contributed by atoms with Crippen LogP contribution in [0.5, 0.6) is 0 Å². The maximum Gasteiger partial charge on any atom is 0.316 e. The predicted molar refractivity (Wildman–Crippen MR) is 92.9 cm³/mol. The number of carbonyl (C=O) groups excluding carboxylic acids is 1. The molecule has 1 aliphatic rings. The molecule has 0 radical (unpaired) electrons. The van der Waals surface area contributed by atoms with Crippen molar-refractivity contribution in [3.8, 4) is 0 Å². The van der Waals surface area contributed by atoms with Crippen LogP contribution in [0.2, 0.25) is 0 Å². The Kier molecular flexibility index (Phi) is 5.23. The van der Waals surface area contributed by atoms with Crippen LogP contribution in [0.4, 0.5) is 8.78 Å². The van der Waals surface area contributed by atoms with Crippen molar-refractivity contribution >= 4 is 11.9 Å². The minimum atomic E-state index is -1.94. The van der Waals surface area contributed by atoms with Gasteiger partial charge in [-0.3, -0.25) is 14.5 Å². The number of ether oxygens (including phenoxy) is 1. The van der Waals surface area contributed by atoms with Crippen molar-refractivity contribution in [3.05, 3.63) is 71.3 Å². The highest BCUT2D eigenvalue weighted by Gasteiger charge is 2.58. The van der Waals surface area contributed by atoms with E-state index in [9.17, 15) is 23.5 Å². The van der Waals surface area contributed by atoms with Gasteiger partial charge in [0.1, 0.15) is 17.0 Å². The lowest BCUT2D eigenvalue weighted by Gasteiger charge is -2.30. The lowest BCUT2D eigenvalue weighted by Crippen LogP contribution is -2.47. The topological polar surface area (TPSA) is 66.8 Å². The maximum atomic E-state index is 14.5. The zero-order valence-electron chi connectivity index (χ0n) is 14.7. The molecule has 0 aliphatic carbocycles. The minimum Gasteiger partial charge on any atom is -0.481 e. The Labute approximate surface area is 155 Å². The Morgan fingerprint density at radius 3 is 2.56 bits per heavy atom. The maximum absolute atomic E-state index is 14.5. The molecule has 2 aromatic carbocycles. The Morgan fingerprint density at radius 1 is 1.22 bits per heavy atom. The van der Waals surface area contributed by atoms with E-state index >= 15 is 0 Å². The number of nitrogens with zero attached hydrogens (tertiary/aromatic N) is 1. The zero-order chi connectivity index (χ0) is 19.6. The first kappa shape index (κ1) is 19.0. The third-order valence-electron chi connectivity index (χ3n) is 5.03. The van der Waals surface area contributed by atoms with Crippen LogP contribution >= 0.6 is 0 Å². The fourth-order valence-corrected chi connectivity index (χ4v) is 3.77. The summed E-state index contributed by atoms with van der Waals surface area (Å²) in [4.78, 5) is 26.4. The minimum absolute atomic E-state index is 0.0593. The highest BCUT2D eigenvalue weighted by molar-refractivity contribution is 5.90. The Bertz CT molecular complexity index is 858. The van der Waals surface area contributed by atoms with Crippen molar-refractivity contribution in [3.63, 3.8) is 0 Å². The van der Waals surface area contributed by atoms with E-state index in [4.69, 9.17) is 4.74 Å². The summed E-state index contributed by atoms with van der Waals surface area (Å²) in [5.74, 6) is -4.96. The number of carboxylic acids is 1. The van der Waals surface area contributed by atoms with E-state index in [1.807, 2.05) is 30.3 Å². The van der Waals surface area contributed by atoms with Gasteiger partial charge in [-0.05, 0) is 23.8 Å². The number of carbonyl (C=O) groups is 2. The Balaban J connectivity index is 2.07. The number of likely N-dealkylation sites (tertiary alicyclic amines) is 1. The molecule has 0 amide bonds. The fraction of sp³-hybridized carbons (Fsp3) is 0.300. The van der Waals surface area contributed by atoms with Crippen molar-refractivity contribution in [1.29, 1.82) is 0 Å². The fourth-order valence-electron chi connectivity index (χ4n) is 3.77. The van der Waals surface area contributed by atoms with Crippen LogP contribution in [0.3, 0.4) is 0 Å². The zero-order valence-corrected chi connectivity index (χ0v) is 14.7. The van der Waals surface area contributed by atoms with E-state index in [1.54, 1.807) is 4.90 Å². The molecule has 0 aromatic heterocycles. The summed E-state index contributed by atoms with van der Waals surface area (Å²) in [7, 11) is 1.15. The molecule has 1 saturated heterocycles. The molecule has 1 heterocycles. The number of methoxy groups -OCH3 is 1. The highest BCUT2D eigenvalue weighted by Crippen LogP contribution is 2.42. The number of halogens is 2. The molecule has 0 bridgehead atoms. The van der Waals surface area contributed by atoms with Crippen LogP contribution in [-0.4, -0.2) is 42.1 Å². The van der Waals surface area contributed by atoms with Crippen molar-refractivity contribution < 1.29 is 28.2 Å². The van der Waals surface area contributed by atoms with E-state index in [2.05, 4.69) is 0 Å². The number of hydrogen-bond acceptors (Lipinski definition) is 4. The van der Waals surface area contributed by atoms with Gasteiger partial charge in [0.25, 0.3) is 0 Å². The number of aliphatic carboxylic acids is 1. The lowest BCUT2D eigenvalue weighted by molar-refractivity contribution is -0.155. The SMILES string of the molecule is COC(=O)C1CN(Cc2ccccc2)CC1(C(=O)O)c1cc(F)ccc1F. The first-order valence-electron chi connectivity index (χ1n) is 8.41. The number of esters is 1. The van der Waals surface area contributed by atoms with Crippen molar-refractivity contribution in [2.24, 2.45) is 5.92 Å². The van der Waals surface area contributed by atoms with Crippen molar-refractivity contribution in [1.82, 2.24) is 4.90 Å². The number of rotatable bonds is 5.